The van der Waals surface area contributed by atoms with Crippen molar-refractivity contribution in [3.8, 4) is 0 Å². The lowest BCUT2D eigenvalue weighted by molar-refractivity contribution is -0.122. The first-order valence-corrected chi connectivity index (χ1v) is 6.82. The second-order valence-corrected chi connectivity index (χ2v) is 6.40. The molecule has 3 heteroatoms. The third-order valence-electron chi connectivity index (χ3n) is 3.18. The van der Waals surface area contributed by atoms with Gasteiger partial charge in [-0.1, -0.05) is 45.0 Å². The average Bonchev–Trinajstić information content (AvgIpc) is 2.24. The van der Waals surface area contributed by atoms with Crippen LogP contribution < -0.4 is 11.1 Å². The van der Waals surface area contributed by atoms with Gasteiger partial charge < -0.3 is 11.1 Å². The van der Waals surface area contributed by atoms with E-state index in [9.17, 15) is 4.79 Å². The Labute approximate surface area is 116 Å². The van der Waals surface area contributed by atoms with Crippen molar-refractivity contribution in [1.29, 1.82) is 0 Å². The summed E-state index contributed by atoms with van der Waals surface area (Å²) in [6.07, 6.45) is 0.360. The first kappa shape index (κ1) is 15.7. The normalized spacial score (nSPS) is 14.8. The van der Waals surface area contributed by atoms with Crippen LogP contribution in [0.25, 0.3) is 0 Å². The monoisotopic (exact) mass is 262 g/mol. The fraction of sp³-hybridized carbons (Fsp3) is 0.562. The van der Waals surface area contributed by atoms with Gasteiger partial charge in [0.15, 0.2) is 0 Å². The third kappa shape index (κ3) is 4.67. The quantitative estimate of drug-likeness (QED) is 0.876. The van der Waals surface area contributed by atoms with E-state index in [1.54, 1.807) is 0 Å². The number of amides is 1. The second-order valence-electron chi connectivity index (χ2n) is 6.40. The highest BCUT2D eigenvalue weighted by molar-refractivity contribution is 5.77. The van der Waals surface area contributed by atoms with E-state index >= 15 is 0 Å². The average molecular weight is 262 g/mol. The molecule has 0 heterocycles. The van der Waals surface area contributed by atoms with Crippen LogP contribution in [0.15, 0.2) is 24.3 Å². The van der Waals surface area contributed by atoms with Crippen LogP contribution in [-0.4, -0.2) is 11.9 Å². The summed E-state index contributed by atoms with van der Waals surface area (Å²) in [4.78, 5) is 12.0. The van der Waals surface area contributed by atoms with Gasteiger partial charge in [0.05, 0.1) is 6.04 Å². The molecular formula is C16H26N2O. The summed E-state index contributed by atoms with van der Waals surface area (Å²) in [5.74, 6) is 0.0122. The number of nitrogens with two attached hydrogens (primary N) is 1. The molecule has 3 nitrogen and oxygen atoms in total. The van der Waals surface area contributed by atoms with Crippen molar-refractivity contribution in [2.45, 2.75) is 53.1 Å². The Morgan fingerprint density at radius 2 is 1.89 bits per heavy atom. The number of rotatable bonds is 4. The largest absolute Gasteiger partial charge is 0.349 e. The highest BCUT2D eigenvalue weighted by atomic mass is 16.1. The Hall–Kier alpha value is -1.35. The Morgan fingerprint density at radius 1 is 1.32 bits per heavy atom. The van der Waals surface area contributed by atoms with Gasteiger partial charge in [-0.25, -0.2) is 0 Å². The van der Waals surface area contributed by atoms with Crippen molar-refractivity contribution in [3.05, 3.63) is 35.4 Å². The minimum Gasteiger partial charge on any atom is -0.349 e. The molecule has 0 aliphatic rings. The van der Waals surface area contributed by atoms with Crippen LogP contribution in [0.2, 0.25) is 0 Å². The van der Waals surface area contributed by atoms with Crippen LogP contribution in [0, 0.1) is 12.3 Å². The van der Waals surface area contributed by atoms with Gasteiger partial charge in [0, 0.05) is 12.5 Å². The third-order valence-corrected chi connectivity index (χ3v) is 3.18. The molecule has 2 atom stereocenters. The molecule has 1 amide bonds. The van der Waals surface area contributed by atoms with Crippen molar-refractivity contribution >= 4 is 5.91 Å². The molecule has 1 aromatic rings. The van der Waals surface area contributed by atoms with Crippen LogP contribution in [0.1, 0.15) is 51.3 Å². The van der Waals surface area contributed by atoms with Gasteiger partial charge in [-0.2, -0.15) is 0 Å². The zero-order valence-corrected chi connectivity index (χ0v) is 12.7. The Kier molecular flexibility index (Phi) is 5.12. The Morgan fingerprint density at radius 3 is 2.37 bits per heavy atom. The van der Waals surface area contributed by atoms with Crippen molar-refractivity contribution in [3.63, 3.8) is 0 Å². The minimum atomic E-state index is -0.113. The molecule has 0 aromatic heterocycles. The first-order chi connectivity index (χ1) is 8.71. The van der Waals surface area contributed by atoms with E-state index in [4.69, 9.17) is 5.73 Å². The van der Waals surface area contributed by atoms with Crippen LogP contribution >= 0.6 is 0 Å². The lowest BCUT2D eigenvalue weighted by Crippen LogP contribution is -2.39. The van der Waals surface area contributed by atoms with Gasteiger partial charge in [-0.3, -0.25) is 4.79 Å². The molecule has 0 saturated heterocycles. The van der Waals surface area contributed by atoms with Crippen LogP contribution in [-0.2, 0) is 4.79 Å². The van der Waals surface area contributed by atoms with Gasteiger partial charge in [0.25, 0.3) is 0 Å². The molecule has 0 bridgehead atoms. The predicted octanol–water partition coefficient (Wildman–Crippen LogP) is 2.94. The van der Waals surface area contributed by atoms with E-state index in [1.807, 2.05) is 19.1 Å². The highest BCUT2D eigenvalue weighted by Crippen LogP contribution is 2.34. The summed E-state index contributed by atoms with van der Waals surface area (Å²) in [7, 11) is 0. The summed E-state index contributed by atoms with van der Waals surface area (Å²) in [6.45, 7) is 10.3. The summed E-state index contributed by atoms with van der Waals surface area (Å²) in [5, 5.41) is 3.13. The Balaban J connectivity index is 2.98. The van der Waals surface area contributed by atoms with E-state index < -0.39 is 0 Å². The van der Waals surface area contributed by atoms with E-state index in [-0.39, 0.29) is 23.4 Å². The number of carbonyl (C=O) groups excluding carboxylic acids is 1. The van der Waals surface area contributed by atoms with Crippen LogP contribution in [0.4, 0.5) is 0 Å². The molecule has 0 aliphatic carbocycles. The van der Waals surface area contributed by atoms with Crippen molar-refractivity contribution < 1.29 is 4.79 Å². The zero-order chi connectivity index (χ0) is 14.6. The molecule has 3 N–H and O–H groups in total. The number of aryl methyl sites for hydroxylation is 1. The van der Waals surface area contributed by atoms with Crippen LogP contribution in [0.5, 0.6) is 0 Å². The standard InChI is InChI=1S/C16H26N2O/c1-11-8-6-7-9-13(11)15(16(3,4)5)18-14(19)10-12(2)17/h6-9,12,15H,10,17H2,1-5H3,(H,18,19). The number of hydrogen-bond donors (Lipinski definition) is 2. The van der Waals surface area contributed by atoms with Gasteiger partial charge in [-0.15, -0.1) is 0 Å². The number of carbonyl (C=O) groups is 1. The van der Waals surface area contributed by atoms with Gasteiger partial charge >= 0.3 is 0 Å². The molecule has 0 radical (unpaired) electrons. The molecule has 0 saturated carbocycles. The van der Waals surface area contributed by atoms with Crippen molar-refractivity contribution in [2.75, 3.05) is 0 Å². The first-order valence-electron chi connectivity index (χ1n) is 6.82. The summed E-state index contributed by atoms with van der Waals surface area (Å²) in [6, 6.07) is 8.07. The lowest BCUT2D eigenvalue weighted by Gasteiger charge is -2.33. The number of hydrogen-bond acceptors (Lipinski definition) is 2. The summed E-state index contributed by atoms with van der Waals surface area (Å²) in [5.41, 5.74) is 8.02. The topological polar surface area (TPSA) is 55.1 Å². The molecule has 2 unspecified atom stereocenters. The zero-order valence-electron chi connectivity index (χ0n) is 12.7. The smallest absolute Gasteiger partial charge is 0.222 e. The fourth-order valence-corrected chi connectivity index (χ4v) is 2.18. The molecule has 0 aliphatic heterocycles. The minimum absolute atomic E-state index is 0.0000463. The number of benzene rings is 1. The second kappa shape index (κ2) is 6.20. The van der Waals surface area contributed by atoms with E-state index in [0.29, 0.717) is 6.42 Å². The molecule has 19 heavy (non-hydrogen) atoms. The molecule has 1 aromatic carbocycles. The van der Waals surface area contributed by atoms with Gasteiger partial charge in [0.1, 0.15) is 0 Å². The maximum absolute atomic E-state index is 12.0. The van der Waals surface area contributed by atoms with Gasteiger partial charge in [-0.05, 0) is 30.4 Å². The number of nitrogens with one attached hydrogen (secondary N) is 1. The summed E-state index contributed by atoms with van der Waals surface area (Å²) >= 11 is 0. The fourth-order valence-electron chi connectivity index (χ4n) is 2.18. The molecular weight excluding hydrogens is 236 g/mol. The van der Waals surface area contributed by atoms with Gasteiger partial charge in [0.2, 0.25) is 5.91 Å². The predicted molar refractivity (Wildman–Crippen MR) is 79.8 cm³/mol. The Bertz CT molecular complexity index is 433. The maximum Gasteiger partial charge on any atom is 0.222 e. The van der Waals surface area contributed by atoms with Crippen LogP contribution in [0.3, 0.4) is 0 Å². The molecule has 0 spiro atoms. The van der Waals surface area contributed by atoms with E-state index in [2.05, 4.69) is 45.1 Å². The molecule has 106 valence electrons. The molecule has 0 fully saturated rings. The summed E-state index contributed by atoms with van der Waals surface area (Å²) < 4.78 is 0. The van der Waals surface area contributed by atoms with Crippen molar-refractivity contribution in [1.82, 2.24) is 5.32 Å². The SMILES string of the molecule is Cc1ccccc1C(NC(=O)CC(C)N)C(C)(C)C. The maximum atomic E-state index is 12.0. The lowest BCUT2D eigenvalue weighted by atomic mass is 9.80. The van der Waals surface area contributed by atoms with Crippen molar-refractivity contribution in [2.24, 2.45) is 11.1 Å². The van der Waals surface area contributed by atoms with E-state index in [0.717, 1.165) is 0 Å². The molecule has 1 rings (SSSR count). The highest BCUT2D eigenvalue weighted by Gasteiger charge is 2.28. The van der Waals surface area contributed by atoms with E-state index in [1.165, 1.54) is 11.1 Å².